The van der Waals surface area contributed by atoms with Crippen LogP contribution in [0.2, 0.25) is 0 Å². The number of hydrogen-bond donors (Lipinski definition) is 1. The highest BCUT2D eigenvalue weighted by Gasteiger charge is 2.02. The van der Waals surface area contributed by atoms with Crippen molar-refractivity contribution < 1.29 is 8.78 Å². The molecule has 2 aromatic rings. The zero-order valence-electron chi connectivity index (χ0n) is 8.74. The summed E-state index contributed by atoms with van der Waals surface area (Å²) in [5.74, 6) is -1.18. The predicted molar refractivity (Wildman–Crippen MR) is 56.9 cm³/mol. The Labute approximate surface area is 91.7 Å². The summed E-state index contributed by atoms with van der Waals surface area (Å²) in [6, 6.07) is 5.18. The Morgan fingerprint density at radius 3 is 2.50 bits per heavy atom. The fourth-order valence-corrected chi connectivity index (χ4v) is 1.42. The van der Waals surface area contributed by atoms with Gasteiger partial charge in [-0.05, 0) is 18.2 Å². The van der Waals surface area contributed by atoms with Crippen LogP contribution in [-0.4, -0.2) is 9.78 Å². The lowest BCUT2D eigenvalue weighted by atomic mass is 10.3. The van der Waals surface area contributed by atoms with Crippen molar-refractivity contribution in [3.8, 4) is 0 Å². The van der Waals surface area contributed by atoms with Gasteiger partial charge < -0.3 is 5.32 Å². The molecule has 0 radical (unpaired) electrons. The number of nitrogens with zero attached hydrogens (tertiary/aromatic N) is 2. The highest BCUT2D eigenvalue weighted by atomic mass is 19.1. The zero-order valence-corrected chi connectivity index (χ0v) is 8.74. The molecule has 1 heterocycles. The van der Waals surface area contributed by atoms with Crippen LogP contribution in [0, 0.1) is 11.6 Å². The van der Waals surface area contributed by atoms with Gasteiger partial charge >= 0.3 is 0 Å². The van der Waals surface area contributed by atoms with Crippen LogP contribution in [0.3, 0.4) is 0 Å². The molecule has 1 aromatic carbocycles. The molecule has 0 aliphatic heterocycles. The van der Waals surface area contributed by atoms with Crippen molar-refractivity contribution in [2.24, 2.45) is 7.05 Å². The van der Waals surface area contributed by atoms with E-state index in [1.54, 1.807) is 10.9 Å². The Morgan fingerprint density at radius 2 is 1.94 bits per heavy atom. The molecule has 0 atom stereocenters. The largest absolute Gasteiger partial charge is 0.379 e. The first-order valence-electron chi connectivity index (χ1n) is 4.82. The van der Waals surface area contributed by atoms with Crippen LogP contribution in [0.4, 0.5) is 14.5 Å². The number of aromatic nitrogens is 2. The molecule has 0 amide bonds. The third kappa shape index (κ3) is 2.36. The minimum absolute atomic E-state index is 0.415. The van der Waals surface area contributed by atoms with Gasteiger partial charge in [0.2, 0.25) is 0 Å². The molecule has 0 spiro atoms. The normalized spacial score (nSPS) is 10.4. The van der Waals surface area contributed by atoms with E-state index in [0.29, 0.717) is 12.2 Å². The maximum atomic E-state index is 12.9. The van der Waals surface area contributed by atoms with Crippen molar-refractivity contribution in [3.05, 3.63) is 47.8 Å². The first-order valence-corrected chi connectivity index (χ1v) is 4.82. The van der Waals surface area contributed by atoms with Gasteiger partial charge in [-0.2, -0.15) is 5.10 Å². The number of hydrogen-bond acceptors (Lipinski definition) is 2. The molecule has 2 rings (SSSR count). The summed E-state index contributed by atoms with van der Waals surface area (Å²) in [4.78, 5) is 0. The smallest absolute Gasteiger partial charge is 0.128 e. The van der Waals surface area contributed by atoms with Gasteiger partial charge in [0.25, 0.3) is 0 Å². The Bertz CT molecular complexity index is 473. The van der Waals surface area contributed by atoms with Gasteiger partial charge in [0.1, 0.15) is 11.6 Å². The van der Waals surface area contributed by atoms with E-state index >= 15 is 0 Å². The van der Waals surface area contributed by atoms with Crippen molar-refractivity contribution in [2.75, 3.05) is 5.32 Å². The molecule has 0 aliphatic carbocycles. The molecule has 5 heteroatoms. The summed E-state index contributed by atoms with van der Waals surface area (Å²) in [7, 11) is 1.81. The van der Waals surface area contributed by atoms with E-state index < -0.39 is 11.6 Å². The minimum Gasteiger partial charge on any atom is -0.379 e. The second-order valence-corrected chi connectivity index (χ2v) is 3.46. The first kappa shape index (κ1) is 10.6. The molecule has 0 unspecified atom stereocenters. The summed E-state index contributed by atoms with van der Waals surface area (Å²) in [6.07, 6.45) is 1.67. The van der Waals surface area contributed by atoms with Gasteiger partial charge in [-0.15, -0.1) is 0 Å². The third-order valence-electron chi connectivity index (χ3n) is 2.26. The average molecular weight is 223 g/mol. The number of aryl methyl sites for hydroxylation is 1. The van der Waals surface area contributed by atoms with Crippen molar-refractivity contribution in [1.82, 2.24) is 9.78 Å². The summed E-state index contributed by atoms with van der Waals surface area (Å²) in [5.41, 5.74) is 1.35. The monoisotopic (exact) mass is 223 g/mol. The number of rotatable bonds is 3. The molecule has 0 saturated carbocycles. The van der Waals surface area contributed by atoms with E-state index in [9.17, 15) is 8.78 Å². The van der Waals surface area contributed by atoms with Crippen LogP contribution in [-0.2, 0) is 13.6 Å². The highest BCUT2D eigenvalue weighted by Crippen LogP contribution is 2.13. The zero-order chi connectivity index (χ0) is 11.5. The van der Waals surface area contributed by atoms with Gasteiger partial charge in [-0.1, -0.05) is 0 Å². The SMILES string of the molecule is Cn1nccc1CNc1cc(F)cc(F)c1. The molecule has 0 bridgehead atoms. The third-order valence-corrected chi connectivity index (χ3v) is 2.26. The quantitative estimate of drug-likeness (QED) is 0.865. The topological polar surface area (TPSA) is 29.9 Å². The predicted octanol–water partition coefficient (Wildman–Crippen LogP) is 2.31. The molecular formula is C11H11F2N3. The van der Waals surface area contributed by atoms with Gasteiger partial charge in [0, 0.05) is 25.0 Å². The molecule has 84 valence electrons. The van der Waals surface area contributed by atoms with Crippen LogP contribution in [0.25, 0.3) is 0 Å². The van der Waals surface area contributed by atoms with Crippen molar-refractivity contribution >= 4 is 5.69 Å². The summed E-state index contributed by atoms with van der Waals surface area (Å²) >= 11 is 0. The Kier molecular flexibility index (Phi) is 2.85. The van der Waals surface area contributed by atoms with Crippen LogP contribution >= 0.6 is 0 Å². The summed E-state index contributed by atoms with van der Waals surface area (Å²) < 4.78 is 27.4. The van der Waals surface area contributed by atoms with Gasteiger partial charge in [-0.25, -0.2) is 8.78 Å². The van der Waals surface area contributed by atoms with Gasteiger partial charge in [0.15, 0.2) is 0 Å². The van der Waals surface area contributed by atoms with Crippen molar-refractivity contribution in [1.29, 1.82) is 0 Å². The van der Waals surface area contributed by atoms with E-state index in [-0.39, 0.29) is 0 Å². The lowest BCUT2D eigenvalue weighted by molar-refractivity contribution is 0.584. The highest BCUT2D eigenvalue weighted by molar-refractivity contribution is 5.43. The minimum atomic E-state index is -0.590. The first-order chi connectivity index (χ1) is 7.65. The van der Waals surface area contributed by atoms with Crippen LogP contribution in [0.1, 0.15) is 5.69 Å². The van der Waals surface area contributed by atoms with E-state index in [4.69, 9.17) is 0 Å². The molecule has 0 aliphatic rings. The van der Waals surface area contributed by atoms with Crippen LogP contribution in [0.15, 0.2) is 30.5 Å². The summed E-state index contributed by atoms with van der Waals surface area (Å²) in [5, 5.41) is 6.92. The molecule has 16 heavy (non-hydrogen) atoms. The van der Waals surface area contributed by atoms with E-state index in [1.807, 2.05) is 13.1 Å². The Balaban J connectivity index is 2.07. The molecular weight excluding hydrogens is 212 g/mol. The van der Waals surface area contributed by atoms with Gasteiger partial charge in [-0.3, -0.25) is 4.68 Å². The molecule has 0 fully saturated rings. The van der Waals surface area contributed by atoms with Crippen molar-refractivity contribution in [2.45, 2.75) is 6.54 Å². The fourth-order valence-electron chi connectivity index (χ4n) is 1.42. The van der Waals surface area contributed by atoms with E-state index in [0.717, 1.165) is 11.8 Å². The molecule has 3 nitrogen and oxygen atoms in total. The van der Waals surface area contributed by atoms with Crippen molar-refractivity contribution in [3.63, 3.8) is 0 Å². The maximum Gasteiger partial charge on any atom is 0.128 e. The maximum absolute atomic E-state index is 12.9. The average Bonchev–Trinajstić information content (AvgIpc) is 2.59. The summed E-state index contributed by atoms with van der Waals surface area (Å²) in [6.45, 7) is 0.472. The second kappa shape index (κ2) is 4.30. The van der Waals surface area contributed by atoms with E-state index in [1.165, 1.54) is 12.1 Å². The van der Waals surface area contributed by atoms with Crippen LogP contribution < -0.4 is 5.32 Å². The number of anilines is 1. The number of halogens is 2. The Hall–Kier alpha value is -1.91. The molecule has 1 aromatic heterocycles. The van der Waals surface area contributed by atoms with E-state index in [2.05, 4.69) is 10.4 Å². The molecule has 1 N–H and O–H groups in total. The lowest BCUT2D eigenvalue weighted by Gasteiger charge is -2.06. The molecule has 0 saturated heterocycles. The van der Waals surface area contributed by atoms with Crippen LogP contribution in [0.5, 0.6) is 0 Å². The van der Waals surface area contributed by atoms with Gasteiger partial charge in [0.05, 0.1) is 12.2 Å². The second-order valence-electron chi connectivity index (χ2n) is 3.46. The number of benzene rings is 1. The number of nitrogens with one attached hydrogen (secondary N) is 1. The Morgan fingerprint density at radius 1 is 1.25 bits per heavy atom. The standard InChI is InChI=1S/C11H11F2N3/c1-16-11(2-3-15-16)7-14-10-5-8(12)4-9(13)6-10/h2-6,14H,7H2,1H3. The fraction of sp³-hybridized carbons (Fsp3) is 0.182. The lowest BCUT2D eigenvalue weighted by Crippen LogP contribution is -2.05.